The molecule has 1 unspecified atom stereocenters. The van der Waals surface area contributed by atoms with Gasteiger partial charge in [-0.25, -0.2) is 9.59 Å². The van der Waals surface area contributed by atoms with E-state index in [0.717, 1.165) is 42.5 Å². The molecule has 2 amide bonds. The number of nitrogens with one attached hydrogen (secondary N) is 1. The predicted molar refractivity (Wildman–Crippen MR) is 142 cm³/mol. The minimum atomic E-state index is -0.605. The first-order valence-corrected chi connectivity index (χ1v) is 12.9. The van der Waals surface area contributed by atoms with Crippen molar-refractivity contribution in [3.8, 4) is 22.8 Å². The van der Waals surface area contributed by atoms with Gasteiger partial charge in [-0.1, -0.05) is 33.6 Å². The maximum Gasteiger partial charge on any atom is 0.343 e. The van der Waals surface area contributed by atoms with Gasteiger partial charge in [-0.3, -0.25) is 4.79 Å². The highest BCUT2D eigenvalue weighted by Gasteiger charge is 2.34. The van der Waals surface area contributed by atoms with Crippen molar-refractivity contribution in [3.05, 3.63) is 45.7 Å². The fraction of sp³-hybridized carbons (Fsp3) is 0.536. The number of amides is 2. The Kier molecular flexibility index (Phi) is 9.23. The number of fused-ring (bicyclic) bond motifs is 3. The van der Waals surface area contributed by atoms with Crippen LogP contribution in [0.4, 0.5) is 4.79 Å². The number of methoxy groups -OCH3 is 1. The zero-order valence-corrected chi connectivity index (χ0v) is 22.5. The normalized spacial score (nSPS) is 14.4. The quantitative estimate of drug-likeness (QED) is 0.338. The van der Waals surface area contributed by atoms with Crippen molar-refractivity contribution < 1.29 is 23.8 Å². The van der Waals surface area contributed by atoms with Gasteiger partial charge in [0.15, 0.2) is 16.9 Å². The van der Waals surface area contributed by atoms with Gasteiger partial charge in [-0.2, -0.15) is 0 Å². The van der Waals surface area contributed by atoms with Crippen LogP contribution in [0.5, 0.6) is 11.5 Å². The van der Waals surface area contributed by atoms with Gasteiger partial charge >= 0.3 is 12.0 Å². The third kappa shape index (κ3) is 6.84. The molecular formula is C28H39N3O6. The van der Waals surface area contributed by atoms with Gasteiger partial charge in [-0.05, 0) is 49.3 Å². The van der Waals surface area contributed by atoms with E-state index in [-0.39, 0.29) is 29.1 Å². The van der Waals surface area contributed by atoms with E-state index in [9.17, 15) is 14.4 Å². The molecule has 2 aromatic rings. The van der Waals surface area contributed by atoms with Gasteiger partial charge in [0, 0.05) is 30.4 Å². The second kappa shape index (κ2) is 12.2. The Balaban J connectivity index is 1.85. The number of primary amides is 1. The van der Waals surface area contributed by atoms with Gasteiger partial charge in [0.2, 0.25) is 0 Å². The molecule has 3 N–H and O–H groups in total. The van der Waals surface area contributed by atoms with Crippen LogP contribution in [0.1, 0.15) is 75.3 Å². The van der Waals surface area contributed by atoms with Crippen molar-refractivity contribution in [1.29, 1.82) is 0 Å². The van der Waals surface area contributed by atoms with E-state index in [2.05, 4.69) is 26.1 Å². The summed E-state index contributed by atoms with van der Waals surface area (Å²) < 4.78 is 18.9. The summed E-state index contributed by atoms with van der Waals surface area (Å²) in [6.45, 7) is 9.49. The second-order valence-electron chi connectivity index (χ2n) is 10.4. The lowest BCUT2D eigenvalue weighted by Crippen LogP contribution is -2.33. The van der Waals surface area contributed by atoms with Gasteiger partial charge in [0.1, 0.15) is 5.56 Å². The zero-order chi connectivity index (χ0) is 27.2. The van der Waals surface area contributed by atoms with Gasteiger partial charge in [0.05, 0.1) is 26.0 Å². The Bertz CT molecular complexity index is 1180. The van der Waals surface area contributed by atoms with Gasteiger partial charge in [0.25, 0.3) is 0 Å². The molecule has 0 bridgehead atoms. The maximum atomic E-state index is 12.9. The van der Waals surface area contributed by atoms with Crippen molar-refractivity contribution in [2.24, 2.45) is 11.1 Å². The Hall–Kier alpha value is -3.49. The molecule has 0 radical (unpaired) electrons. The molecule has 3 rings (SSSR count). The van der Waals surface area contributed by atoms with Crippen molar-refractivity contribution in [2.75, 3.05) is 26.9 Å². The molecule has 9 nitrogen and oxygen atoms in total. The summed E-state index contributed by atoms with van der Waals surface area (Å²) in [4.78, 5) is 36.1. The van der Waals surface area contributed by atoms with E-state index in [4.69, 9.17) is 19.9 Å². The number of carbonyl (C=O) groups excluding carboxylic acids is 2. The third-order valence-electron chi connectivity index (χ3n) is 6.62. The molecule has 1 atom stereocenters. The average molecular weight is 514 g/mol. The molecule has 0 saturated carbocycles. The molecule has 9 heteroatoms. The zero-order valence-electron chi connectivity index (χ0n) is 22.5. The lowest BCUT2D eigenvalue weighted by molar-refractivity contribution is 0.0523. The van der Waals surface area contributed by atoms with Crippen molar-refractivity contribution in [2.45, 2.75) is 65.8 Å². The predicted octanol–water partition coefficient (Wildman–Crippen LogP) is 4.45. The van der Waals surface area contributed by atoms with E-state index in [1.165, 1.54) is 6.07 Å². The molecule has 1 aromatic carbocycles. The minimum Gasteiger partial charge on any atom is -0.493 e. The highest BCUT2D eigenvalue weighted by molar-refractivity contribution is 5.89. The Labute approximate surface area is 218 Å². The summed E-state index contributed by atoms with van der Waals surface area (Å²) in [5.41, 5.74) is 7.31. The van der Waals surface area contributed by atoms with Crippen LogP contribution in [0.2, 0.25) is 0 Å². The van der Waals surface area contributed by atoms with E-state index in [0.29, 0.717) is 31.1 Å². The average Bonchev–Trinajstić information content (AvgIpc) is 2.83. The third-order valence-corrected chi connectivity index (χ3v) is 6.62. The molecular weight excluding hydrogens is 474 g/mol. The molecule has 202 valence electrons. The molecule has 2 heterocycles. The summed E-state index contributed by atoms with van der Waals surface area (Å²) in [5.74, 6) is 0.655. The largest absolute Gasteiger partial charge is 0.493 e. The van der Waals surface area contributed by atoms with Crippen molar-refractivity contribution in [1.82, 2.24) is 9.88 Å². The van der Waals surface area contributed by atoms with Gasteiger partial charge in [-0.15, -0.1) is 0 Å². The topological polar surface area (TPSA) is 122 Å². The van der Waals surface area contributed by atoms with E-state index in [1.54, 1.807) is 20.2 Å². The van der Waals surface area contributed by atoms with Crippen LogP contribution in [0.15, 0.2) is 29.2 Å². The molecule has 0 fully saturated rings. The number of ether oxygens (including phenoxy) is 3. The number of aromatic nitrogens is 1. The van der Waals surface area contributed by atoms with E-state index < -0.39 is 12.0 Å². The number of rotatable bonds is 11. The number of hydrogen-bond acceptors (Lipinski definition) is 6. The standard InChI is InChI=1S/C28H39N3O6/c1-6-36-26(33)20-17-31-21(16-22(20)32)19-15-23(35-5)24(13-18(19)14-25(31)28(2,3)4)37-12-10-8-7-9-11-30-27(29)34/h13,15-17,25H,6-12,14H2,1-5H3,(H3,29,30,34). The van der Waals surface area contributed by atoms with Crippen LogP contribution < -0.4 is 26.0 Å². The Morgan fingerprint density at radius 3 is 2.49 bits per heavy atom. The fourth-order valence-electron chi connectivity index (χ4n) is 4.67. The number of benzene rings is 1. The highest BCUT2D eigenvalue weighted by Crippen LogP contribution is 2.45. The van der Waals surface area contributed by atoms with Crippen LogP contribution in [-0.2, 0) is 11.2 Å². The summed E-state index contributed by atoms with van der Waals surface area (Å²) in [6.07, 6.45) is 6.04. The van der Waals surface area contributed by atoms with Crippen molar-refractivity contribution >= 4 is 12.0 Å². The molecule has 37 heavy (non-hydrogen) atoms. The first-order chi connectivity index (χ1) is 17.6. The van der Waals surface area contributed by atoms with Crippen LogP contribution in [0.25, 0.3) is 11.3 Å². The van der Waals surface area contributed by atoms with Gasteiger partial charge < -0.3 is 29.8 Å². The number of urea groups is 1. The first-order valence-electron chi connectivity index (χ1n) is 12.9. The minimum absolute atomic E-state index is 0.0130. The summed E-state index contributed by atoms with van der Waals surface area (Å²) >= 11 is 0. The van der Waals surface area contributed by atoms with Crippen LogP contribution in [0.3, 0.4) is 0 Å². The Morgan fingerprint density at radius 2 is 1.84 bits per heavy atom. The van der Waals surface area contributed by atoms with E-state index >= 15 is 0 Å². The second-order valence-corrected chi connectivity index (χ2v) is 10.4. The molecule has 1 aliphatic rings. The lowest BCUT2D eigenvalue weighted by Gasteiger charge is -2.39. The molecule has 1 aliphatic heterocycles. The summed E-state index contributed by atoms with van der Waals surface area (Å²) in [6, 6.07) is 4.96. The van der Waals surface area contributed by atoms with Crippen LogP contribution >= 0.6 is 0 Å². The fourth-order valence-corrected chi connectivity index (χ4v) is 4.67. The SMILES string of the molecule is CCOC(=O)c1cn2c(cc1=O)-c1cc(OC)c(OCCCCCCNC(N)=O)cc1CC2C(C)(C)C. The first kappa shape index (κ1) is 28.1. The number of esters is 1. The number of carbonyl (C=O) groups is 2. The van der Waals surface area contributed by atoms with Crippen LogP contribution in [-0.4, -0.2) is 43.4 Å². The molecule has 0 saturated heterocycles. The maximum absolute atomic E-state index is 12.9. The molecule has 1 aromatic heterocycles. The monoisotopic (exact) mass is 513 g/mol. The number of nitrogens with zero attached hydrogens (tertiary/aromatic N) is 1. The number of hydrogen-bond donors (Lipinski definition) is 2. The van der Waals surface area contributed by atoms with Crippen LogP contribution in [0, 0.1) is 5.41 Å². The molecule has 0 aliphatic carbocycles. The number of unbranched alkanes of at least 4 members (excludes halogenated alkanes) is 3. The van der Waals surface area contributed by atoms with E-state index in [1.807, 2.05) is 16.7 Å². The molecule has 0 spiro atoms. The number of pyridine rings is 1. The summed E-state index contributed by atoms with van der Waals surface area (Å²) in [7, 11) is 1.60. The Morgan fingerprint density at radius 1 is 1.11 bits per heavy atom. The number of nitrogens with two attached hydrogens (primary N) is 1. The van der Waals surface area contributed by atoms with Crippen molar-refractivity contribution in [3.63, 3.8) is 0 Å². The lowest BCUT2D eigenvalue weighted by atomic mass is 9.78. The smallest absolute Gasteiger partial charge is 0.343 e. The summed E-state index contributed by atoms with van der Waals surface area (Å²) in [5, 5.41) is 2.59. The highest BCUT2D eigenvalue weighted by atomic mass is 16.5.